The molecule has 0 saturated carbocycles. The third-order valence-corrected chi connectivity index (χ3v) is 7.14. The third kappa shape index (κ3) is 6.39. The lowest BCUT2D eigenvalue weighted by molar-refractivity contribution is -0.141. The lowest BCUT2D eigenvalue weighted by atomic mass is 9.96. The van der Waals surface area contributed by atoms with E-state index in [1.165, 1.54) is 38.3 Å². The van der Waals surface area contributed by atoms with E-state index in [4.69, 9.17) is 14.5 Å². The van der Waals surface area contributed by atoms with Crippen LogP contribution in [-0.4, -0.2) is 52.6 Å². The monoisotopic (exact) mass is 543 g/mol. The molecule has 5 rings (SSSR count). The van der Waals surface area contributed by atoms with E-state index in [2.05, 4.69) is 32.3 Å². The number of esters is 1. The van der Waals surface area contributed by atoms with Crippen molar-refractivity contribution in [1.29, 1.82) is 0 Å². The second-order valence-electron chi connectivity index (χ2n) is 9.79. The SMILES string of the molecule is COC(=O)CC(c1cncc(CNC(=O)OC)c1)n1ncc2cc(OCCc3ccc4c(n3)CCCC4)ccc21. The number of benzene rings is 1. The zero-order valence-electron chi connectivity index (χ0n) is 22.8. The molecule has 208 valence electrons. The number of methoxy groups -OCH3 is 2. The molecule has 0 fully saturated rings. The molecule has 1 unspecified atom stereocenters. The highest BCUT2D eigenvalue weighted by Gasteiger charge is 2.22. The van der Waals surface area contributed by atoms with Crippen molar-refractivity contribution >= 4 is 23.0 Å². The first kappa shape index (κ1) is 27.1. The Kier molecular flexibility index (Phi) is 8.53. The maximum Gasteiger partial charge on any atom is 0.407 e. The van der Waals surface area contributed by atoms with E-state index in [-0.39, 0.29) is 18.9 Å². The zero-order chi connectivity index (χ0) is 27.9. The summed E-state index contributed by atoms with van der Waals surface area (Å²) in [7, 11) is 2.67. The summed E-state index contributed by atoms with van der Waals surface area (Å²) in [5.41, 5.74) is 6.04. The molecule has 1 aromatic carbocycles. The summed E-state index contributed by atoms with van der Waals surface area (Å²) in [6.07, 6.45) is 10.0. The number of carbonyl (C=O) groups is 2. The van der Waals surface area contributed by atoms with Crippen molar-refractivity contribution in [2.75, 3.05) is 20.8 Å². The number of nitrogens with one attached hydrogen (secondary N) is 1. The molecule has 0 radical (unpaired) electrons. The van der Waals surface area contributed by atoms with Crippen LogP contribution in [0.3, 0.4) is 0 Å². The van der Waals surface area contributed by atoms with Gasteiger partial charge in [0.2, 0.25) is 0 Å². The quantitative estimate of drug-likeness (QED) is 0.294. The van der Waals surface area contributed by atoms with Crippen LogP contribution in [0, 0.1) is 0 Å². The van der Waals surface area contributed by atoms with Gasteiger partial charge in [0.05, 0.1) is 45.0 Å². The highest BCUT2D eigenvalue weighted by molar-refractivity contribution is 5.81. The summed E-state index contributed by atoms with van der Waals surface area (Å²) >= 11 is 0. The Labute approximate surface area is 232 Å². The van der Waals surface area contributed by atoms with Gasteiger partial charge in [0.1, 0.15) is 5.75 Å². The molecule has 1 amide bonds. The number of ether oxygens (including phenoxy) is 3. The molecular formula is C30H33N5O5. The van der Waals surface area contributed by atoms with Gasteiger partial charge in [-0.05, 0) is 72.7 Å². The van der Waals surface area contributed by atoms with Crippen LogP contribution in [0.4, 0.5) is 4.79 Å². The Morgan fingerprint density at radius 1 is 1.02 bits per heavy atom. The molecular weight excluding hydrogens is 510 g/mol. The van der Waals surface area contributed by atoms with Crippen molar-refractivity contribution in [3.63, 3.8) is 0 Å². The molecule has 40 heavy (non-hydrogen) atoms. The first-order valence-corrected chi connectivity index (χ1v) is 13.4. The van der Waals surface area contributed by atoms with Gasteiger partial charge in [-0.1, -0.05) is 6.07 Å². The van der Waals surface area contributed by atoms with Crippen LogP contribution in [0.1, 0.15) is 53.4 Å². The maximum atomic E-state index is 12.4. The number of alkyl carbamates (subject to hydrolysis) is 1. The minimum atomic E-state index is -0.536. The molecule has 1 aliphatic rings. The fraction of sp³-hybridized carbons (Fsp3) is 0.367. The van der Waals surface area contributed by atoms with Crippen LogP contribution < -0.4 is 10.1 Å². The number of hydrogen-bond acceptors (Lipinski definition) is 8. The van der Waals surface area contributed by atoms with Gasteiger partial charge in [-0.15, -0.1) is 0 Å². The van der Waals surface area contributed by atoms with Crippen LogP contribution in [-0.2, 0) is 40.1 Å². The zero-order valence-corrected chi connectivity index (χ0v) is 22.8. The third-order valence-electron chi connectivity index (χ3n) is 7.14. The molecule has 4 aromatic rings. The Morgan fingerprint density at radius 3 is 2.75 bits per heavy atom. The fourth-order valence-electron chi connectivity index (χ4n) is 5.03. The summed E-state index contributed by atoms with van der Waals surface area (Å²) in [6.45, 7) is 0.758. The number of pyridine rings is 2. The van der Waals surface area contributed by atoms with E-state index < -0.39 is 12.1 Å². The van der Waals surface area contributed by atoms with Crippen LogP contribution >= 0.6 is 0 Å². The molecule has 3 aromatic heterocycles. The second-order valence-corrected chi connectivity index (χ2v) is 9.79. The van der Waals surface area contributed by atoms with E-state index in [9.17, 15) is 9.59 Å². The summed E-state index contributed by atoms with van der Waals surface area (Å²) < 4.78 is 17.5. The standard InChI is InChI=1S/C30H33N5O5/c1-38-29(36)15-28(22-13-20(16-31-18-22)17-32-30(37)39-2)35-27-10-9-25(14-23(27)19-33-35)40-12-11-24-8-7-21-5-3-4-6-26(21)34-24/h7-10,13-14,16,18-19,28H,3-6,11-12,15,17H2,1-2H3,(H,32,37). The van der Waals surface area contributed by atoms with Crippen molar-refractivity contribution in [2.45, 2.75) is 51.1 Å². The number of rotatable bonds is 10. The maximum absolute atomic E-state index is 12.4. The van der Waals surface area contributed by atoms with Crippen molar-refractivity contribution in [3.8, 4) is 5.75 Å². The van der Waals surface area contributed by atoms with Gasteiger partial charge in [0, 0.05) is 42.1 Å². The molecule has 0 spiro atoms. The van der Waals surface area contributed by atoms with E-state index in [1.54, 1.807) is 23.3 Å². The average molecular weight is 544 g/mol. The Hall–Kier alpha value is -4.47. The first-order valence-electron chi connectivity index (χ1n) is 13.4. The van der Waals surface area contributed by atoms with Crippen molar-refractivity contribution < 1.29 is 23.8 Å². The largest absolute Gasteiger partial charge is 0.493 e. The molecule has 0 bridgehead atoms. The fourth-order valence-corrected chi connectivity index (χ4v) is 5.03. The molecule has 10 nitrogen and oxygen atoms in total. The topological polar surface area (TPSA) is 117 Å². The highest BCUT2D eigenvalue weighted by atomic mass is 16.5. The van der Waals surface area contributed by atoms with Gasteiger partial charge in [0.25, 0.3) is 0 Å². The van der Waals surface area contributed by atoms with Crippen molar-refractivity contribution in [3.05, 3.63) is 83.1 Å². The summed E-state index contributed by atoms with van der Waals surface area (Å²) in [6, 6.07) is 11.5. The predicted molar refractivity (Wildman–Crippen MR) is 148 cm³/mol. The molecule has 10 heteroatoms. The number of amides is 1. The Bertz CT molecular complexity index is 1500. The second kappa shape index (κ2) is 12.6. The molecule has 0 saturated heterocycles. The van der Waals surface area contributed by atoms with E-state index in [1.807, 2.05) is 24.3 Å². The van der Waals surface area contributed by atoms with Crippen LogP contribution in [0.25, 0.3) is 10.9 Å². The van der Waals surface area contributed by atoms with E-state index in [0.29, 0.717) is 6.61 Å². The highest BCUT2D eigenvalue weighted by Crippen LogP contribution is 2.29. The molecule has 1 atom stereocenters. The predicted octanol–water partition coefficient (Wildman–Crippen LogP) is 4.34. The molecule has 3 heterocycles. The van der Waals surface area contributed by atoms with Gasteiger partial charge < -0.3 is 19.5 Å². The van der Waals surface area contributed by atoms with Gasteiger partial charge >= 0.3 is 12.1 Å². The van der Waals surface area contributed by atoms with Crippen LogP contribution in [0.2, 0.25) is 0 Å². The number of aryl methyl sites for hydroxylation is 2. The number of hydrogen-bond donors (Lipinski definition) is 1. The van der Waals surface area contributed by atoms with Crippen molar-refractivity contribution in [1.82, 2.24) is 25.1 Å². The lowest BCUT2D eigenvalue weighted by Gasteiger charge is -2.19. The number of nitrogens with zero attached hydrogens (tertiary/aromatic N) is 4. The number of aromatic nitrogens is 4. The van der Waals surface area contributed by atoms with Crippen LogP contribution in [0.5, 0.6) is 5.75 Å². The minimum absolute atomic E-state index is 0.0644. The molecule has 1 aliphatic carbocycles. The lowest BCUT2D eigenvalue weighted by Crippen LogP contribution is -2.23. The number of carbonyl (C=O) groups excluding carboxylic acids is 2. The minimum Gasteiger partial charge on any atom is -0.493 e. The Balaban J connectivity index is 1.31. The van der Waals surface area contributed by atoms with Gasteiger partial charge in [-0.2, -0.15) is 5.10 Å². The van der Waals surface area contributed by atoms with Gasteiger partial charge in [0.15, 0.2) is 0 Å². The average Bonchev–Trinajstić information content (AvgIpc) is 3.41. The van der Waals surface area contributed by atoms with Gasteiger partial charge in [-0.3, -0.25) is 19.4 Å². The molecule has 1 N–H and O–H groups in total. The van der Waals surface area contributed by atoms with E-state index in [0.717, 1.165) is 52.7 Å². The summed E-state index contributed by atoms with van der Waals surface area (Å²) in [4.78, 5) is 33.0. The number of fused-ring (bicyclic) bond motifs is 2. The smallest absolute Gasteiger partial charge is 0.407 e. The van der Waals surface area contributed by atoms with Crippen LogP contribution in [0.15, 0.2) is 55.0 Å². The van der Waals surface area contributed by atoms with Crippen molar-refractivity contribution in [2.24, 2.45) is 0 Å². The summed E-state index contributed by atoms with van der Waals surface area (Å²) in [5.74, 6) is 0.370. The van der Waals surface area contributed by atoms with E-state index >= 15 is 0 Å². The normalized spacial score (nSPS) is 13.3. The Morgan fingerprint density at radius 2 is 1.90 bits per heavy atom. The first-order chi connectivity index (χ1) is 19.5. The van der Waals surface area contributed by atoms with Gasteiger partial charge in [-0.25, -0.2) is 4.79 Å². The molecule has 0 aliphatic heterocycles. The summed E-state index contributed by atoms with van der Waals surface area (Å²) in [5, 5.41) is 8.14.